The topological polar surface area (TPSA) is 107 Å². The molecular weight excluding hydrogens is 540 g/mol. The van der Waals surface area contributed by atoms with Gasteiger partial charge in [-0.25, -0.2) is 4.79 Å². The normalized spacial score (nSPS) is 21.9. The average Bonchev–Trinajstić information content (AvgIpc) is 3.01. The van der Waals surface area contributed by atoms with Crippen LogP contribution < -0.4 is 9.47 Å². The number of ether oxygens (including phenoxy) is 6. The zero-order chi connectivity index (χ0) is 30.2. The molecule has 42 heavy (non-hydrogen) atoms. The van der Waals surface area contributed by atoms with Gasteiger partial charge in [-0.3, -0.25) is 9.59 Å². The molecule has 0 radical (unpaired) electrons. The minimum Gasteiger partial charge on any atom is -0.494 e. The van der Waals surface area contributed by atoms with Crippen LogP contribution in [0.5, 0.6) is 11.5 Å². The molecule has 9 nitrogen and oxygen atoms in total. The SMILES string of the molecule is C=CC(=C)OCCCOC1CCC(C(=O)Oc2ccc(OC(=O)C3CCC(OCCCOC(=O)C=C)CC3)cc2)CC1. The Bertz CT molecular complexity index is 949. The van der Waals surface area contributed by atoms with Crippen molar-refractivity contribution in [1.82, 2.24) is 0 Å². The summed E-state index contributed by atoms with van der Waals surface area (Å²) in [5, 5.41) is 0. The number of carbonyl (C=O) groups is 3. The molecule has 0 spiro atoms. The maximum absolute atomic E-state index is 12.7. The molecule has 2 fully saturated rings. The summed E-state index contributed by atoms with van der Waals surface area (Å²) in [6.07, 6.45) is 10.4. The maximum atomic E-state index is 12.7. The van der Waals surface area contributed by atoms with Crippen molar-refractivity contribution in [1.29, 1.82) is 0 Å². The quantitative estimate of drug-likeness (QED) is 0.0555. The fourth-order valence-corrected chi connectivity index (χ4v) is 5.02. The second kappa shape index (κ2) is 18.2. The van der Waals surface area contributed by atoms with E-state index >= 15 is 0 Å². The average molecular weight is 585 g/mol. The highest BCUT2D eigenvalue weighted by Gasteiger charge is 2.29. The first-order valence-corrected chi connectivity index (χ1v) is 14.9. The number of esters is 3. The van der Waals surface area contributed by atoms with E-state index in [0.29, 0.717) is 62.9 Å². The molecule has 0 aromatic heterocycles. The van der Waals surface area contributed by atoms with Gasteiger partial charge in [0.2, 0.25) is 0 Å². The molecule has 3 rings (SSSR count). The van der Waals surface area contributed by atoms with E-state index < -0.39 is 5.97 Å². The van der Waals surface area contributed by atoms with Gasteiger partial charge < -0.3 is 28.4 Å². The molecule has 9 heteroatoms. The standard InChI is InChI=1S/C33H44O9/c1-4-24(3)37-20-6-21-38-27-12-8-25(9-13-27)32(35)41-29-16-18-30(19-17-29)42-33(36)26-10-14-28(15-11-26)39-22-7-23-40-31(34)5-2/h4-5,16-19,25-28H,1-3,6-15,20-23H2. The Morgan fingerprint density at radius 1 is 0.643 bits per heavy atom. The Balaban J connectivity index is 1.28. The van der Waals surface area contributed by atoms with Crippen LogP contribution in [0.1, 0.15) is 64.2 Å². The highest BCUT2D eigenvalue weighted by Crippen LogP contribution is 2.30. The minimum atomic E-state index is -0.435. The summed E-state index contributed by atoms with van der Waals surface area (Å²) < 4.78 is 33.2. The van der Waals surface area contributed by atoms with Crippen molar-refractivity contribution >= 4 is 17.9 Å². The van der Waals surface area contributed by atoms with Crippen molar-refractivity contribution < 1.29 is 42.8 Å². The lowest BCUT2D eigenvalue weighted by Gasteiger charge is -2.27. The monoisotopic (exact) mass is 584 g/mol. The largest absolute Gasteiger partial charge is 0.494 e. The van der Waals surface area contributed by atoms with Gasteiger partial charge in [-0.05, 0) is 81.7 Å². The van der Waals surface area contributed by atoms with Gasteiger partial charge in [0, 0.05) is 18.9 Å². The summed E-state index contributed by atoms with van der Waals surface area (Å²) >= 11 is 0. The van der Waals surface area contributed by atoms with Crippen LogP contribution in [0.15, 0.2) is 61.9 Å². The van der Waals surface area contributed by atoms with Crippen LogP contribution >= 0.6 is 0 Å². The summed E-state index contributed by atoms with van der Waals surface area (Å²) in [5.41, 5.74) is 0. The van der Waals surface area contributed by atoms with Crippen LogP contribution in [0.25, 0.3) is 0 Å². The van der Waals surface area contributed by atoms with Crippen LogP contribution in [0, 0.1) is 11.8 Å². The first-order valence-electron chi connectivity index (χ1n) is 14.9. The van der Waals surface area contributed by atoms with Gasteiger partial charge in [-0.1, -0.05) is 19.7 Å². The number of carbonyl (C=O) groups excluding carboxylic acids is 3. The van der Waals surface area contributed by atoms with Gasteiger partial charge in [-0.2, -0.15) is 0 Å². The Morgan fingerprint density at radius 2 is 1.07 bits per heavy atom. The zero-order valence-corrected chi connectivity index (χ0v) is 24.5. The second-order valence-corrected chi connectivity index (χ2v) is 10.6. The second-order valence-electron chi connectivity index (χ2n) is 10.6. The molecule has 230 valence electrons. The Hall–Kier alpha value is -3.43. The maximum Gasteiger partial charge on any atom is 0.330 e. The van der Waals surface area contributed by atoms with Gasteiger partial charge in [-0.15, -0.1) is 0 Å². The third-order valence-corrected chi connectivity index (χ3v) is 7.49. The molecule has 0 atom stereocenters. The van der Waals surface area contributed by atoms with Crippen LogP contribution in [-0.2, 0) is 33.3 Å². The Labute approximate surface area is 248 Å². The van der Waals surface area contributed by atoms with Gasteiger partial charge in [0.1, 0.15) is 17.3 Å². The van der Waals surface area contributed by atoms with Crippen molar-refractivity contribution in [3.63, 3.8) is 0 Å². The molecule has 2 aliphatic rings. The molecule has 1 aromatic carbocycles. The van der Waals surface area contributed by atoms with Gasteiger partial charge >= 0.3 is 17.9 Å². The van der Waals surface area contributed by atoms with Crippen LogP contribution in [0.3, 0.4) is 0 Å². The Kier molecular flexibility index (Phi) is 14.3. The lowest BCUT2D eigenvalue weighted by molar-refractivity contribution is -0.142. The molecule has 2 aliphatic carbocycles. The molecule has 0 saturated heterocycles. The predicted molar refractivity (Wildman–Crippen MR) is 157 cm³/mol. The zero-order valence-electron chi connectivity index (χ0n) is 24.5. The van der Waals surface area contributed by atoms with E-state index in [1.54, 1.807) is 30.3 Å². The number of allylic oxidation sites excluding steroid dienone is 1. The fraction of sp³-hybridized carbons (Fsp3) is 0.545. The highest BCUT2D eigenvalue weighted by molar-refractivity contribution is 5.81. The van der Waals surface area contributed by atoms with E-state index in [1.165, 1.54) is 0 Å². The molecule has 1 aromatic rings. The van der Waals surface area contributed by atoms with E-state index in [-0.39, 0.29) is 36.0 Å². The summed E-state index contributed by atoms with van der Waals surface area (Å²) in [6, 6.07) is 6.59. The molecule has 0 bridgehead atoms. The van der Waals surface area contributed by atoms with Crippen LogP contribution in [0.4, 0.5) is 0 Å². The van der Waals surface area contributed by atoms with E-state index in [9.17, 15) is 14.4 Å². The van der Waals surface area contributed by atoms with E-state index in [4.69, 9.17) is 28.4 Å². The van der Waals surface area contributed by atoms with Crippen molar-refractivity contribution in [3.05, 3.63) is 61.9 Å². The van der Waals surface area contributed by atoms with Crippen LogP contribution in [0.2, 0.25) is 0 Å². The minimum absolute atomic E-state index is 0.0921. The number of rotatable bonds is 17. The number of hydrogen-bond donors (Lipinski definition) is 0. The third kappa shape index (κ3) is 11.8. The first-order chi connectivity index (χ1) is 20.4. The predicted octanol–water partition coefficient (Wildman–Crippen LogP) is 5.87. The third-order valence-electron chi connectivity index (χ3n) is 7.49. The van der Waals surface area contributed by atoms with E-state index in [1.807, 2.05) is 0 Å². The molecule has 0 unspecified atom stereocenters. The van der Waals surface area contributed by atoms with Crippen molar-refractivity contribution in [3.8, 4) is 11.5 Å². The summed E-state index contributed by atoms with van der Waals surface area (Å²) in [4.78, 5) is 36.4. The lowest BCUT2D eigenvalue weighted by Crippen LogP contribution is -2.29. The Morgan fingerprint density at radius 3 is 1.48 bits per heavy atom. The van der Waals surface area contributed by atoms with E-state index in [0.717, 1.165) is 51.0 Å². The van der Waals surface area contributed by atoms with Crippen molar-refractivity contribution in [2.24, 2.45) is 11.8 Å². The van der Waals surface area contributed by atoms with Crippen molar-refractivity contribution in [2.45, 2.75) is 76.4 Å². The first kappa shape index (κ1) is 33.1. The molecule has 0 amide bonds. The summed E-state index contributed by atoms with van der Waals surface area (Å²) in [7, 11) is 0. The van der Waals surface area contributed by atoms with Crippen molar-refractivity contribution in [2.75, 3.05) is 26.4 Å². The fourth-order valence-electron chi connectivity index (χ4n) is 5.02. The number of hydrogen-bond acceptors (Lipinski definition) is 9. The smallest absolute Gasteiger partial charge is 0.330 e. The van der Waals surface area contributed by atoms with Gasteiger partial charge in [0.15, 0.2) is 0 Å². The molecular formula is C33H44O9. The molecule has 0 heterocycles. The highest BCUT2D eigenvalue weighted by atomic mass is 16.5. The molecule has 0 aliphatic heterocycles. The summed E-state index contributed by atoms with van der Waals surface area (Å²) in [6.45, 7) is 12.6. The summed E-state index contributed by atoms with van der Waals surface area (Å²) in [5.74, 6) is 0.131. The van der Waals surface area contributed by atoms with E-state index in [2.05, 4.69) is 19.7 Å². The van der Waals surface area contributed by atoms with Crippen LogP contribution in [-0.4, -0.2) is 56.5 Å². The lowest BCUT2D eigenvalue weighted by atomic mass is 9.87. The van der Waals surface area contributed by atoms with Gasteiger partial charge in [0.25, 0.3) is 0 Å². The van der Waals surface area contributed by atoms with Gasteiger partial charge in [0.05, 0.1) is 50.5 Å². The number of benzene rings is 1. The molecule has 0 N–H and O–H groups in total. The molecule has 2 saturated carbocycles.